The Morgan fingerprint density at radius 3 is 1.18 bits per heavy atom. The van der Waals surface area contributed by atoms with Gasteiger partial charge in [-0.3, -0.25) is 9.59 Å². The monoisotopic (exact) mass is 867 g/mol. The molecule has 5 nitrogen and oxygen atoms in total. The second-order valence-electron chi connectivity index (χ2n) is 17.8. The topological polar surface area (TPSA) is 61.8 Å². The minimum absolute atomic E-state index is 0.0727. The molecule has 62 heavy (non-hydrogen) atoms. The number of rotatable bonds is 49. The summed E-state index contributed by atoms with van der Waals surface area (Å²) >= 11 is 0. The highest BCUT2D eigenvalue weighted by atomic mass is 16.6. The molecule has 0 N–H and O–H groups in total. The van der Waals surface area contributed by atoms with Gasteiger partial charge in [0.05, 0.1) is 6.61 Å². The quantitative estimate of drug-likeness (QED) is 0.0346. The molecule has 5 heteroatoms. The fraction of sp³-hybridized carbons (Fsp3) is 0.789. The lowest BCUT2D eigenvalue weighted by molar-refractivity contribution is -0.163. The van der Waals surface area contributed by atoms with Crippen LogP contribution in [0.1, 0.15) is 265 Å². The van der Waals surface area contributed by atoms with Crippen LogP contribution in [0.5, 0.6) is 0 Å². The normalized spacial score (nSPS) is 12.6. The Hall–Kier alpha value is -2.40. The zero-order valence-electron chi connectivity index (χ0n) is 41.4. The average molecular weight is 867 g/mol. The molecule has 0 radical (unpaired) electrons. The van der Waals surface area contributed by atoms with Crippen LogP contribution in [0.15, 0.2) is 60.8 Å². The first-order valence-electron chi connectivity index (χ1n) is 26.8. The Bertz CT molecular complexity index is 1070. The number of ether oxygens (including phenoxy) is 3. The third kappa shape index (κ3) is 50.2. The largest absolute Gasteiger partial charge is 0.462 e. The maximum Gasteiger partial charge on any atom is 0.306 e. The third-order valence-corrected chi connectivity index (χ3v) is 11.5. The highest BCUT2D eigenvalue weighted by Gasteiger charge is 2.17. The fourth-order valence-electron chi connectivity index (χ4n) is 7.43. The van der Waals surface area contributed by atoms with Crippen LogP contribution in [0.2, 0.25) is 0 Å². The predicted octanol–water partition coefficient (Wildman–Crippen LogP) is 18.1. The molecule has 0 aliphatic heterocycles. The molecule has 0 saturated carbocycles. The van der Waals surface area contributed by atoms with Crippen molar-refractivity contribution in [2.75, 3.05) is 19.8 Å². The highest BCUT2D eigenvalue weighted by Crippen LogP contribution is 2.14. The third-order valence-electron chi connectivity index (χ3n) is 11.5. The Morgan fingerprint density at radius 2 is 0.694 bits per heavy atom. The van der Waals surface area contributed by atoms with Crippen molar-refractivity contribution >= 4 is 11.9 Å². The summed E-state index contributed by atoms with van der Waals surface area (Å²) in [5, 5.41) is 0. The second-order valence-corrected chi connectivity index (χ2v) is 17.8. The Morgan fingerprint density at radius 1 is 0.355 bits per heavy atom. The summed E-state index contributed by atoms with van der Waals surface area (Å²) in [7, 11) is 0. The summed E-state index contributed by atoms with van der Waals surface area (Å²) in [5.41, 5.74) is 0. The number of esters is 2. The highest BCUT2D eigenvalue weighted by molar-refractivity contribution is 5.70. The molecule has 0 aromatic rings. The van der Waals surface area contributed by atoms with E-state index in [9.17, 15) is 9.59 Å². The van der Waals surface area contributed by atoms with Crippen molar-refractivity contribution in [1.29, 1.82) is 0 Å². The van der Waals surface area contributed by atoms with E-state index >= 15 is 0 Å². The van der Waals surface area contributed by atoms with Crippen LogP contribution in [-0.2, 0) is 23.8 Å². The molecule has 0 heterocycles. The number of carbonyl (C=O) groups is 2. The second kappa shape index (κ2) is 52.9. The molecule has 0 bridgehead atoms. The Kier molecular flexibility index (Phi) is 50.9. The summed E-state index contributed by atoms with van der Waals surface area (Å²) in [4.78, 5) is 25.4. The molecule has 360 valence electrons. The predicted molar refractivity (Wildman–Crippen MR) is 270 cm³/mol. The first kappa shape index (κ1) is 59.6. The molecule has 0 aliphatic rings. The average Bonchev–Trinajstić information content (AvgIpc) is 3.27. The minimum Gasteiger partial charge on any atom is -0.462 e. The van der Waals surface area contributed by atoms with E-state index in [1.165, 1.54) is 154 Å². The van der Waals surface area contributed by atoms with E-state index in [4.69, 9.17) is 14.2 Å². The fourth-order valence-corrected chi connectivity index (χ4v) is 7.43. The maximum absolute atomic E-state index is 12.8. The summed E-state index contributed by atoms with van der Waals surface area (Å²) in [6.45, 7) is 7.75. The van der Waals surface area contributed by atoms with Crippen molar-refractivity contribution in [3.05, 3.63) is 60.8 Å². The number of hydrogen-bond acceptors (Lipinski definition) is 5. The summed E-state index contributed by atoms with van der Waals surface area (Å²) in [6.07, 6.45) is 66.5. The van der Waals surface area contributed by atoms with Crippen LogP contribution in [0, 0.1) is 0 Å². The zero-order valence-corrected chi connectivity index (χ0v) is 41.4. The molecule has 1 atom stereocenters. The van der Waals surface area contributed by atoms with Gasteiger partial charge < -0.3 is 14.2 Å². The number of allylic oxidation sites excluding steroid dienone is 10. The van der Waals surface area contributed by atoms with Crippen molar-refractivity contribution in [3.8, 4) is 0 Å². The maximum atomic E-state index is 12.8. The number of hydrogen-bond donors (Lipinski definition) is 0. The molecular weight excluding hydrogens is 765 g/mol. The van der Waals surface area contributed by atoms with Gasteiger partial charge in [0.25, 0.3) is 0 Å². The van der Waals surface area contributed by atoms with E-state index in [2.05, 4.69) is 81.5 Å². The lowest BCUT2D eigenvalue weighted by Gasteiger charge is -2.18. The van der Waals surface area contributed by atoms with Gasteiger partial charge in [0, 0.05) is 19.4 Å². The van der Waals surface area contributed by atoms with Gasteiger partial charge in [0.15, 0.2) is 6.10 Å². The van der Waals surface area contributed by atoms with Crippen LogP contribution in [0.3, 0.4) is 0 Å². The molecule has 0 saturated heterocycles. The van der Waals surface area contributed by atoms with Gasteiger partial charge in [-0.1, -0.05) is 210 Å². The van der Waals surface area contributed by atoms with E-state index in [0.29, 0.717) is 19.4 Å². The van der Waals surface area contributed by atoms with Crippen molar-refractivity contribution in [2.45, 2.75) is 271 Å². The van der Waals surface area contributed by atoms with Crippen LogP contribution in [-0.4, -0.2) is 37.9 Å². The summed E-state index contributed by atoms with van der Waals surface area (Å²) in [5.74, 6) is -0.418. The molecule has 0 rings (SSSR count). The van der Waals surface area contributed by atoms with Crippen LogP contribution in [0.4, 0.5) is 0 Å². The molecule has 0 aliphatic carbocycles. The van der Waals surface area contributed by atoms with E-state index in [1.54, 1.807) is 0 Å². The van der Waals surface area contributed by atoms with Crippen molar-refractivity contribution in [1.82, 2.24) is 0 Å². The standard InChI is InChI=1S/C57H102O5/c1-4-7-10-13-16-19-22-25-27-28-29-30-32-33-35-38-41-44-47-50-56(58)61-54-55(53-60-52-49-46-43-40-37-24-21-18-15-12-9-6-3)62-57(59)51-48-45-42-39-36-34-31-26-23-20-17-14-11-8-5-2/h15-16,18-19,25-27,29-31,55H,4-14,17,20-24,28,32-54H2,1-3H3/b18-15-,19-16-,27-25-,30-29-,31-26-. The van der Waals surface area contributed by atoms with Gasteiger partial charge in [0.2, 0.25) is 0 Å². The first-order valence-corrected chi connectivity index (χ1v) is 26.8. The van der Waals surface area contributed by atoms with Gasteiger partial charge in [0.1, 0.15) is 6.61 Å². The lowest BCUT2D eigenvalue weighted by atomic mass is 10.1. The van der Waals surface area contributed by atoms with E-state index in [0.717, 1.165) is 77.0 Å². The molecule has 0 amide bonds. The molecular formula is C57H102O5. The van der Waals surface area contributed by atoms with Gasteiger partial charge in [-0.25, -0.2) is 0 Å². The van der Waals surface area contributed by atoms with Crippen molar-refractivity contribution < 1.29 is 23.8 Å². The van der Waals surface area contributed by atoms with Gasteiger partial charge in [-0.15, -0.1) is 0 Å². The van der Waals surface area contributed by atoms with E-state index in [-0.39, 0.29) is 25.2 Å². The van der Waals surface area contributed by atoms with Gasteiger partial charge in [-0.2, -0.15) is 0 Å². The summed E-state index contributed by atoms with van der Waals surface area (Å²) in [6, 6.07) is 0. The first-order chi connectivity index (χ1) is 30.6. The van der Waals surface area contributed by atoms with Crippen LogP contribution >= 0.6 is 0 Å². The Labute approximate surface area is 385 Å². The Balaban J connectivity index is 4.27. The smallest absolute Gasteiger partial charge is 0.306 e. The van der Waals surface area contributed by atoms with E-state index < -0.39 is 6.10 Å². The molecule has 0 fully saturated rings. The van der Waals surface area contributed by atoms with Crippen LogP contribution < -0.4 is 0 Å². The van der Waals surface area contributed by atoms with Crippen molar-refractivity contribution in [3.63, 3.8) is 0 Å². The molecule has 0 aromatic carbocycles. The summed E-state index contributed by atoms with van der Waals surface area (Å²) < 4.78 is 17.4. The SMILES string of the molecule is CCCC/C=C\CCCCCCCCOCC(COC(=O)CCCCCCCC/C=C\C/C=C\C/C=C\CCCCC)OC(=O)CCCCCCC/C=C\CCCCCCCC. The van der Waals surface area contributed by atoms with Crippen LogP contribution in [0.25, 0.3) is 0 Å². The zero-order chi connectivity index (χ0) is 44.9. The molecule has 1 unspecified atom stereocenters. The number of unbranched alkanes of at least 4 members (excludes halogenated alkanes) is 28. The van der Waals surface area contributed by atoms with E-state index in [1.807, 2.05) is 0 Å². The molecule has 0 aromatic heterocycles. The van der Waals surface area contributed by atoms with Gasteiger partial charge in [-0.05, 0) is 103 Å². The lowest BCUT2D eigenvalue weighted by Crippen LogP contribution is -2.30. The minimum atomic E-state index is -0.549. The van der Waals surface area contributed by atoms with Crippen molar-refractivity contribution in [2.24, 2.45) is 0 Å². The molecule has 0 spiro atoms. The number of carbonyl (C=O) groups excluding carboxylic acids is 2. The van der Waals surface area contributed by atoms with Gasteiger partial charge >= 0.3 is 11.9 Å².